The first-order chi connectivity index (χ1) is 7.26. The Morgan fingerprint density at radius 2 is 1.88 bits per heavy atom. The second kappa shape index (κ2) is 6.82. The monoisotopic (exact) mass is 251 g/mol. The van der Waals surface area contributed by atoms with Crippen LogP contribution >= 0.6 is 0 Å². The van der Waals surface area contributed by atoms with Crippen molar-refractivity contribution in [2.75, 3.05) is 19.3 Å². The smallest absolute Gasteiger partial charge is 0.237 e. The fourth-order valence-electron chi connectivity index (χ4n) is 1.20. The van der Waals surface area contributed by atoms with Gasteiger partial charge in [0.2, 0.25) is 15.9 Å². The minimum atomic E-state index is -3.34. The van der Waals surface area contributed by atoms with Crippen LogP contribution in [-0.2, 0) is 14.8 Å². The number of amides is 1. The van der Waals surface area contributed by atoms with Crippen molar-refractivity contribution in [2.45, 2.75) is 32.9 Å². The molecule has 0 spiro atoms. The summed E-state index contributed by atoms with van der Waals surface area (Å²) >= 11 is 0. The van der Waals surface area contributed by atoms with Gasteiger partial charge in [0.05, 0.1) is 12.3 Å². The molecule has 0 aliphatic heterocycles. The summed E-state index contributed by atoms with van der Waals surface area (Å²) in [6.45, 7) is 6.73. The molecule has 0 aromatic rings. The number of nitrogens with one attached hydrogen (secondary N) is 3. The van der Waals surface area contributed by atoms with E-state index < -0.39 is 16.1 Å². The minimum Gasteiger partial charge on any atom is -0.353 e. The molecule has 0 rings (SSSR count). The molecular formula is C9H21N3O3S. The van der Waals surface area contributed by atoms with Gasteiger partial charge in [-0.05, 0) is 20.4 Å². The third kappa shape index (κ3) is 7.61. The lowest BCUT2D eigenvalue weighted by Crippen LogP contribution is -2.47. The second-order valence-corrected chi connectivity index (χ2v) is 5.60. The predicted octanol–water partition coefficient (Wildman–Crippen LogP) is -0.962. The van der Waals surface area contributed by atoms with Crippen molar-refractivity contribution < 1.29 is 13.2 Å². The van der Waals surface area contributed by atoms with Gasteiger partial charge in [0.1, 0.15) is 0 Å². The van der Waals surface area contributed by atoms with Gasteiger partial charge in [0.15, 0.2) is 0 Å². The Labute approximate surface area is 97.2 Å². The minimum absolute atomic E-state index is 0.166. The van der Waals surface area contributed by atoms with Gasteiger partial charge in [0.25, 0.3) is 0 Å². The number of carbonyl (C=O) groups excluding carboxylic acids is 1. The SMILES string of the molecule is CCN[C@H](C)CNC(=O)C(C)NS(C)(=O)=O. The van der Waals surface area contributed by atoms with Crippen LogP contribution in [0.4, 0.5) is 0 Å². The molecular weight excluding hydrogens is 230 g/mol. The maximum atomic E-state index is 11.5. The normalized spacial score (nSPS) is 15.5. The standard InChI is InChI=1S/C9H21N3O3S/c1-5-10-7(2)6-11-9(13)8(3)12-16(4,14)15/h7-8,10,12H,5-6H2,1-4H3,(H,11,13)/t7-,8?/m1/s1. The van der Waals surface area contributed by atoms with Crippen molar-refractivity contribution in [3.63, 3.8) is 0 Å². The summed E-state index contributed by atoms with van der Waals surface area (Å²) in [6.07, 6.45) is 1.03. The summed E-state index contributed by atoms with van der Waals surface area (Å²) in [5, 5.41) is 5.80. The summed E-state index contributed by atoms with van der Waals surface area (Å²) in [6, 6.07) is -0.580. The Morgan fingerprint density at radius 3 is 2.31 bits per heavy atom. The van der Waals surface area contributed by atoms with Gasteiger partial charge in [-0.25, -0.2) is 13.1 Å². The van der Waals surface area contributed by atoms with E-state index in [1.807, 2.05) is 13.8 Å². The molecule has 0 fully saturated rings. The van der Waals surface area contributed by atoms with E-state index in [0.717, 1.165) is 12.8 Å². The molecule has 0 saturated heterocycles. The number of likely N-dealkylation sites (N-methyl/N-ethyl adjacent to an activating group) is 1. The van der Waals surface area contributed by atoms with Crippen LogP contribution in [0.3, 0.4) is 0 Å². The highest BCUT2D eigenvalue weighted by Gasteiger charge is 2.16. The summed E-state index contributed by atoms with van der Waals surface area (Å²) in [5.74, 6) is -0.324. The first kappa shape index (κ1) is 15.3. The van der Waals surface area contributed by atoms with E-state index >= 15 is 0 Å². The molecule has 2 atom stereocenters. The quantitative estimate of drug-likeness (QED) is 0.544. The van der Waals surface area contributed by atoms with E-state index in [1.54, 1.807) is 0 Å². The Balaban J connectivity index is 3.97. The number of sulfonamides is 1. The van der Waals surface area contributed by atoms with Crippen molar-refractivity contribution in [1.29, 1.82) is 0 Å². The first-order valence-corrected chi connectivity index (χ1v) is 7.13. The fourth-order valence-corrected chi connectivity index (χ4v) is 1.95. The van der Waals surface area contributed by atoms with Gasteiger partial charge < -0.3 is 10.6 Å². The molecule has 0 aromatic carbocycles. The Bertz CT molecular complexity index is 316. The molecule has 0 bridgehead atoms. The van der Waals surface area contributed by atoms with Crippen LogP contribution in [0.25, 0.3) is 0 Å². The molecule has 0 aromatic heterocycles. The van der Waals surface area contributed by atoms with E-state index in [2.05, 4.69) is 15.4 Å². The molecule has 6 nitrogen and oxygen atoms in total. The third-order valence-corrected chi connectivity index (χ3v) is 2.70. The lowest BCUT2D eigenvalue weighted by Gasteiger charge is -2.16. The Kier molecular flexibility index (Phi) is 6.54. The molecule has 7 heteroatoms. The molecule has 16 heavy (non-hydrogen) atoms. The topological polar surface area (TPSA) is 87.3 Å². The summed E-state index contributed by atoms with van der Waals surface area (Å²) < 4.78 is 24.0. The number of carbonyl (C=O) groups is 1. The van der Waals surface area contributed by atoms with E-state index in [9.17, 15) is 13.2 Å². The van der Waals surface area contributed by atoms with Crippen molar-refractivity contribution in [3.05, 3.63) is 0 Å². The van der Waals surface area contributed by atoms with Crippen LogP contribution in [0.2, 0.25) is 0 Å². The highest BCUT2D eigenvalue weighted by atomic mass is 32.2. The molecule has 3 N–H and O–H groups in total. The zero-order valence-electron chi connectivity index (χ0n) is 10.2. The highest BCUT2D eigenvalue weighted by Crippen LogP contribution is 1.87. The summed E-state index contributed by atoms with van der Waals surface area (Å²) in [7, 11) is -3.34. The van der Waals surface area contributed by atoms with Crippen LogP contribution in [0.5, 0.6) is 0 Å². The van der Waals surface area contributed by atoms with Gasteiger partial charge in [-0.3, -0.25) is 4.79 Å². The van der Waals surface area contributed by atoms with E-state index in [1.165, 1.54) is 6.92 Å². The number of hydrogen-bond acceptors (Lipinski definition) is 4. The summed E-state index contributed by atoms with van der Waals surface area (Å²) in [4.78, 5) is 11.5. The second-order valence-electron chi connectivity index (χ2n) is 3.82. The average molecular weight is 251 g/mol. The van der Waals surface area contributed by atoms with Gasteiger partial charge in [0, 0.05) is 12.6 Å². The van der Waals surface area contributed by atoms with Crippen molar-refractivity contribution in [1.82, 2.24) is 15.4 Å². The fraction of sp³-hybridized carbons (Fsp3) is 0.889. The molecule has 0 heterocycles. The first-order valence-electron chi connectivity index (χ1n) is 5.24. The summed E-state index contributed by atoms with van der Waals surface area (Å²) in [5.41, 5.74) is 0. The molecule has 1 amide bonds. The lowest BCUT2D eigenvalue weighted by molar-refractivity contribution is -0.122. The molecule has 0 radical (unpaired) electrons. The van der Waals surface area contributed by atoms with Gasteiger partial charge in [-0.2, -0.15) is 0 Å². The third-order valence-electron chi connectivity index (χ3n) is 1.92. The van der Waals surface area contributed by atoms with Crippen LogP contribution in [0.15, 0.2) is 0 Å². The van der Waals surface area contributed by atoms with E-state index in [-0.39, 0.29) is 11.9 Å². The zero-order chi connectivity index (χ0) is 12.8. The van der Waals surface area contributed by atoms with Crippen molar-refractivity contribution in [3.8, 4) is 0 Å². The van der Waals surface area contributed by atoms with E-state index in [0.29, 0.717) is 6.54 Å². The maximum absolute atomic E-state index is 11.5. The highest BCUT2D eigenvalue weighted by molar-refractivity contribution is 7.88. The van der Waals surface area contributed by atoms with Crippen LogP contribution in [-0.4, -0.2) is 45.8 Å². The van der Waals surface area contributed by atoms with Crippen LogP contribution < -0.4 is 15.4 Å². The van der Waals surface area contributed by atoms with Crippen molar-refractivity contribution >= 4 is 15.9 Å². The maximum Gasteiger partial charge on any atom is 0.237 e. The van der Waals surface area contributed by atoms with Crippen LogP contribution in [0, 0.1) is 0 Å². The predicted molar refractivity (Wildman–Crippen MR) is 63.6 cm³/mol. The van der Waals surface area contributed by atoms with Crippen LogP contribution in [0.1, 0.15) is 20.8 Å². The molecule has 0 aliphatic carbocycles. The molecule has 1 unspecified atom stereocenters. The lowest BCUT2D eigenvalue weighted by atomic mass is 10.3. The molecule has 96 valence electrons. The Hall–Kier alpha value is -0.660. The van der Waals surface area contributed by atoms with Gasteiger partial charge in [-0.1, -0.05) is 6.92 Å². The number of hydrogen-bond donors (Lipinski definition) is 3. The van der Waals surface area contributed by atoms with Gasteiger partial charge in [-0.15, -0.1) is 0 Å². The van der Waals surface area contributed by atoms with Gasteiger partial charge >= 0.3 is 0 Å². The Morgan fingerprint density at radius 1 is 1.31 bits per heavy atom. The average Bonchev–Trinajstić information content (AvgIpc) is 2.11. The van der Waals surface area contributed by atoms with Crippen molar-refractivity contribution in [2.24, 2.45) is 0 Å². The largest absolute Gasteiger partial charge is 0.353 e. The zero-order valence-corrected chi connectivity index (χ0v) is 11.0. The molecule has 0 saturated carbocycles. The number of rotatable bonds is 7. The van der Waals surface area contributed by atoms with E-state index in [4.69, 9.17) is 0 Å². The molecule has 0 aliphatic rings.